The third kappa shape index (κ3) is 3.83. The fraction of sp³-hybridized carbons (Fsp3) is 0.533. The zero-order valence-corrected chi connectivity index (χ0v) is 13.0. The van der Waals surface area contributed by atoms with E-state index in [1.165, 1.54) is 14.2 Å². The van der Waals surface area contributed by atoms with Gasteiger partial charge in [0.2, 0.25) is 0 Å². The molecule has 1 aromatic carbocycles. The maximum Gasteiger partial charge on any atom is 0.339 e. The SMILES string of the molecule is COC(=O)C(O)c1cccc(OC2CCSCC2)c1OC. The Kier molecular flexibility index (Phi) is 5.76. The molecule has 116 valence electrons. The van der Waals surface area contributed by atoms with Crippen molar-refractivity contribution in [2.45, 2.75) is 25.0 Å². The van der Waals surface area contributed by atoms with E-state index in [0.717, 1.165) is 24.3 Å². The third-order valence-electron chi connectivity index (χ3n) is 3.39. The second kappa shape index (κ2) is 7.56. The highest BCUT2D eigenvalue weighted by Gasteiger charge is 2.25. The molecule has 2 rings (SSSR count). The first-order valence-corrected chi connectivity index (χ1v) is 8.00. The van der Waals surface area contributed by atoms with E-state index in [1.807, 2.05) is 11.8 Å². The number of benzene rings is 1. The summed E-state index contributed by atoms with van der Waals surface area (Å²) >= 11 is 1.92. The van der Waals surface area contributed by atoms with Gasteiger partial charge in [-0.25, -0.2) is 4.79 Å². The number of carbonyl (C=O) groups excluding carboxylic acids is 1. The van der Waals surface area contributed by atoms with Gasteiger partial charge in [0.1, 0.15) is 6.10 Å². The van der Waals surface area contributed by atoms with Crippen molar-refractivity contribution in [3.8, 4) is 11.5 Å². The molecule has 1 aromatic rings. The van der Waals surface area contributed by atoms with Gasteiger partial charge in [0.15, 0.2) is 17.6 Å². The molecule has 6 heteroatoms. The van der Waals surface area contributed by atoms with Crippen molar-refractivity contribution < 1.29 is 24.1 Å². The van der Waals surface area contributed by atoms with Crippen LogP contribution in [0.5, 0.6) is 11.5 Å². The van der Waals surface area contributed by atoms with Crippen LogP contribution in [0.25, 0.3) is 0 Å². The zero-order chi connectivity index (χ0) is 15.2. The molecule has 21 heavy (non-hydrogen) atoms. The fourth-order valence-corrected chi connectivity index (χ4v) is 3.33. The molecule has 0 saturated carbocycles. The number of thioether (sulfide) groups is 1. The first-order valence-electron chi connectivity index (χ1n) is 6.84. The van der Waals surface area contributed by atoms with Crippen molar-refractivity contribution in [1.29, 1.82) is 0 Å². The summed E-state index contributed by atoms with van der Waals surface area (Å²) in [5.41, 5.74) is 0.354. The van der Waals surface area contributed by atoms with Gasteiger partial charge in [0, 0.05) is 5.56 Å². The third-order valence-corrected chi connectivity index (χ3v) is 4.44. The van der Waals surface area contributed by atoms with E-state index in [1.54, 1.807) is 18.2 Å². The molecule has 0 bridgehead atoms. The van der Waals surface area contributed by atoms with E-state index in [4.69, 9.17) is 9.47 Å². The summed E-state index contributed by atoms with van der Waals surface area (Å²) in [4.78, 5) is 11.5. The minimum absolute atomic E-state index is 0.144. The van der Waals surface area contributed by atoms with Gasteiger partial charge in [-0.2, -0.15) is 11.8 Å². The molecule has 1 unspecified atom stereocenters. The lowest BCUT2D eigenvalue weighted by atomic mass is 10.1. The molecule has 1 N–H and O–H groups in total. The van der Waals surface area contributed by atoms with Crippen LogP contribution in [0, 0.1) is 0 Å². The number of esters is 1. The summed E-state index contributed by atoms with van der Waals surface area (Å²) in [7, 11) is 2.73. The van der Waals surface area contributed by atoms with Crippen molar-refractivity contribution in [2.24, 2.45) is 0 Å². The fourth-order valence-electron chi connectivity index (χ4n) is 2.27. The molecule has 1 saturated heterocycles. The average molecular weight is 312 g/mol. The molecule has 0 amide bonds. The summed E-state index contributed by atoms with van der Waals surface area (Å²) in [6.07, 6.45) is 0.732. The predicted molar refractivity (Wildman–Crippen MR) is 80.9 cm³/mol. The largest absolute Gasteiger partial charge is 0.492 e. The summed E-state index contributed by atoms with van der Waals surface area (Å²) in [5.74, 6) is 2.37. The Morgan fingerprint density at radius 1 is 1.33 bits per heavy atom. The minimum Gasteiger partial charge on any atom is -0.492 e. The molecule has 0 radical (unpaired) electrons. The van der Waals surface area contributed by atoms with E-state index in [-0.39, 0.29) is 6.10 Å². The van der Waals surface area contributed by atoms with Crippen molar-refractivity contribution in [1.82, 2.24) is 0 Å². The molecule has 1 aliphatic heterocycles. The number of carbonyl (C=O) groups is 1. The monoisotopic (exact) mass is 312 g/mol. The van der Waals surface area contributed by atoms with Crippen LogP contribution in [0.15, 0.2) is 18.2 Å². The second-order valence-corrected chi connectivity index (χ2v) is 5.96. The van der Waals surface area contributed by atoms with Gasteiger partial charge in [0.05, 0.1) is 14.2 Å². The van der Waals surface area contributed by atoms with Crippen molar-refractivity contribution in [2.75, 3.05) is 25.7 Å². The number of hydrogen-bond donors (Lipinski definition) is 1. The first kappa shape index (κ1) is 16.0. The van der Waals surface area contributed by atoms with Crippen LogP contribution in [0.2, 0.25) is 0 Å². The van der Waals surface area contributed by atoms with Crippen LogP contribution < -0.4 is 9.47 Å². The minimum atomic E-state index is -1.38. The molecule has 0 spiro atoms. The Balaban J connectivity index is 2.23. The van der Waals surface area contributed by atoms with E-state index in [9.17, 15) is 9.90 Å². The van der Waals surface area contributed by atoms with Crippen LogP contribution >= 0.6 is 11.8 Å². The molecule has 0 aliphatic carbocycles. The number of aliphatic hydroxyl groups is 1. The Morgan fingerprint density at radius 2 is 2.05 bits per heavy atom. The molecule has 1 aliphatic rings. The quantitative estimate of drug-likeness (QED) is 0.841. The predicted octanol–water partition coefficient (Wildman–Crippen LogP) is 2.18. The van der Waals surface area contributed by atoms with Gasteiger partial charge in [-0.15, -0.1) is 0 Å². The van der Waals surface area contributed by atoms with Crippen molar-refractivity contribution in [3.05, 3.63) is 23.8 Å². The topological polar surface area (TPSA) is 65.0 Å². The van der Waals surface area contributed by atoms with Crippen LogP contribution in [0.4, 0.5) is 0 Å². The second-order valence-electron chi connectivity index (χ2n) is 4.73. The van der Waals surface area contributed by atoms with Crippen LogP contribution in [0.1, 0.15) is 24.5 Å². The molecule has 0 aromatic heterocycles. The lowest BCUT2D eigenvalue weighted by Gasteiger charge is -2.24. The summed E-state index contributed by atoms with van der Waals surface area (Å²) in [6, 6.07) is 5.15. The lowest BCUT2D eigenvalue weighted by Crippen LogP contribution is -2.22. The lowest BCUT2D eigenvalue weighted by molar-refractivity contribution is -0.150. The first-order chi connectivity index (χ1) is 10.2. The highest BCUT2D eigenvalue weighted by molar-refractivity contribution is 7.99. The maximum atomic E-state index is 11.5. The highest BCUT2D eigenvalue weighted by Crippen LogP contribution is 2.37. The Bertz CT molecular complexity index is 485. The average Bonchev–Trinajstić information content (AvgIpc) is 2.54. The molecule has 1 heterocycles. The number of ether oxygens (including phenoxy) is 3. The summed E-state index contributed by atoms with van der Waals surface area (Å²) in [6.45, 7) is 0. The maximum absolute atomic E-state index is 11.5. The van der Waals surface area contributed by atoms with Gasteiger partial charge < -0.3 is 19.3 Å². The zero-order valence-electron chi connectivity index (χ0n) is 12.2. The highest BCUT2D eigenvalue weighted by atomic mass is 32.2. The molecular weight excluding hydrogens is 292 g/mol. The van der Waals surface area contributed by atoms with E-state index < -0.39 is 12.1 Å². The number of rotatable bonds is 5. The molecule has 5 nitrogen and oxygen atoms in total. The smallest absolute Gasteiger partial charge is 0.339 e. The molecule has 1 fully saturated rings. The Morgan fingerprint density at radius 3 is 2.67 bits per heavy atom. The number of hydrogen-bond acceptors (Lipinski definition) is 6. The van der Waals surface area contributed by atoms with Crippen molar-refractivity contribution >= 4 is 17.7 Å². The Hall–Kier alpha value is -1.40. The van der Waals surface area contributed by atoms with Gasteiger partial charge in [-0.1, -0.05) is 12.1 Å². The standard InChI is InChI=1S/C15H20O5S/c1-18-14-11(13(16)15(17)19-2)4-3-5-12(14)20-10-6-8-21-9-7-10/h3-5,10,13,16H,6-9H2,1-2H3. The molecule has 1 atom stereocenters. The van der Waals surface area contributed by atoms with Crippen LogP contribution in [-0.4, -0.2) is 42.9 Å². The van der Waals surface area contributed by atoms with Crippen LogP contribution in [0.3, 0.4) is 0 Å². The van der Waals surface area contributed by atoms with E-state index in [2.05, 4.69) is 4.74 Å². The number of aliphatic hydroxyl groups excluding tert-OH is 1. The van der Waals surface area contributed by atoms with Gasteiger partial charge >= 0.3 is 5.97 Å². The number of para-hydroxylation sites is 1. The summed E-state index contributed by atoms with van der Waals surface area (Å²) < 4.78 is 15.9. The Labute approximate surface area is 128 Å². The normalized spacial score (nSPS) is 17.1. The van der Waals surface area contributed by atoms with Crippen molar-refractivity contribution in [3.63, 3.8) is 0 Å². The molecular formula is C15H20O5S. The van der Waals surface area contributed by atoms with Gasteiger partial charge in [0.25, 0.3) is 0 Å². The van der Waals surface area contributed by atoms with Crippen LogP contribution in [-0.2, 0) is 9.53 Å². The van der Waals surface area contributed by atoms with E-state index in [0.29, 0.717) is 17.1 Å². The van der Waals surface area contributed by atoms with E-state index >= 15 is 0 Å². The summed E-state index contributed by atoms with van der Waals surface area (Å²) in [5, 5.41) is 10.0. The number of methoxy groups -OCH3 is 2. The van der Waals surface area contributed by atoms with Gasteiger partial charge in [-0.3, -0.25) is 0 Å². The van der Waals surface area contributed by atoms with Gasteiger partial charge in [-0.05, 0) is 30.4 Å².